The number of anilines is 1. The second kappa shape index (κ2) is 9.06. The fraction of sp³-hybridized carbons (Fsp3) is 0.174. The van der Waals surface area contributed by atoms with Crippen LogP contribution in [-0.2, 0) is 6.54 Å². The molecule has 0 aliphatic carbocycles. The molecule has 0 aliphatic rings. The molecule has 31 heavy (non-hydrogen) atoms. The standard InChI is InChI=1S/C23H22ClN5O2/c1-15-5-7-17-11-16(6-8-21(17)27-15)13-29-14-20(22(25)28-29)23(30)26-9-10-31-19-4-2-3-18(24)12-19/h2-8,11-12,14H,9-10,13H2,1H3,(H2,25,28)(H,26,30). The Morgan fingerprint density at radius 3 is 2.90 bits per heavy atom. The lowest BCUT2D eigenvalue weighted by Gasteiger charge is -2.07. The summed E-state index contributed by atoms with van der Waals surface area (Å²) in [6, 6.07) is 17.2. The molecular weight excluding hydrogens is 414 g/mol. The summed E-state index contributed by atoms with van der Waals surface area (Å²) in [4.78, 5) is 17.0. The van der Waals surface area contributed by atoms with Gasteiger partial charge in [-0.15, -0.1) is 0 Å². The number of nitrogen functional groups attached to an aromatic ring is 1. The smallest absolute Gasteiger partial charge is 0.256 e. The first kappa shape index (κ1) is 20.7. The third-order valence-electron chi connectivity index (χ3n) is 4.72. The molecule has 0 saturated heterocycles. The van der Waals surface area contributed by atoms with Crippen molar-refractivity contribution in [2.75, 3.05) is 18.9 Å². The Balaban J connectivity index is 1.35. The number of fused-ring (bicyclic) bond motifs is 1. The number of rotatable bonds is 7. The van der Waals surface area contributed by atoms with Gasteiger partial charge in [0.25, 0.3) is 5.91 Å². The van der Waals surface area contributed by atoms with E-state index in [9.17, 15) is 4.79 Å². The highest BCUT2D eigenvalue weighted by Gasteiger charge is 2.14. The molecule has 4 rings (SSSR count). The van der Waals surface area contributed by atoms with E-state index in [4.69, 9.17) is 22.1 Å². The number of nitrogens with one attached hydrogen (secondary N) is 1. The van der Waals surface area contributed by atoms with Gasteiger partial charge >= 0.3 is 0 Å². The van der Waals surface area contributed by atoms with Crippen molar-refractivity contribution in [2.24, 2.45) is 0 Å². The number of carbonyl (C=O) groups is 1. The van der Waals surface area contributed by atoms with Crippen molar-refractivity contribution in [1.29, 1.82) is 0 Å². The lowest BCUT2D eigenvalue weighted by Crippen LogP contribution is -2.28. The topological polar surface area (TPSA) is 95.1 Å². The van der Waals surface area contributed by atoms with Crippen molar-refractivity contribution < 1.29 is 9.53 Å². The van der Waals surface area contributed by atoms with E-state index < -0.39 is 0 Å². The normalized spacial score (nSPS) is 10.9. The predicted octanol–water partition coefficient (Wildman–Crippen LogP) is 3.83. The van der Waals surface area contributed by atoms with Gasteiger partial charge in [-0.05, 0) is 48.9 Å². The van der Waals surface area contributed by atoms with Crippen LogP contribution in [0, 0.1) is 6.92 Å². The highest BCUT2D eigenvalue weighted by atomic mass is 35.5. The van der Waals surface area contributed by atoms with Gasteiger partial charge in [-0.3, -0.25) is 14.5 Å². The molecule has 2 heterocycles. The van der Waals surface area contributed by atoms with Crippen LogP contribution in [0.15, 0.2) is 60.8 Å². The summed E-state index contributed by atoms with van der Waals surface area (Å²) in [5, 5.41) is 8.72. The lowest BCUT2D eigenvalue weighted by molar-refractivity contribution is 0.0947. The second-order valence-corrected chi connectivity index (χ2v) is 7.60. The van der Waals surface area contributed by atoms with Gasteiger partial charge in [0.15, 0.2) is 5.82 Å². The van der Waals surface area contributed by atoms with Crippen LogP contribution in [0.1, 0.15) is 21.6 Å². The number of halogens is 1. The minimum atomic E-state index is -0.295. The summed E-state index contributed by atoms with van der Waals surface area (Å²) < 4.78 is 7.24. The Kier molecular flexibility index (Phi) is 6.04. The van der Waals surface area contributed by atoms with Crippen LogP contribution >= 0.6 is 11.6 Å². The van der Waals surface area contributed by atoms with Gasteiger partial charge in [0, 0.05) is 22.3 Å². The molecule has 2 aromatic carbocycles. The fourth-order valence-electron chi connectivity index (χ4n) is 3.24. The number of nitrogens with two attached hydrogens (primary N) is 1. The highest BCUT2D eigenvalue weighted by molar-refractivity contribution is 6.30. The first-order chi connectivity index (χ1) is 15.0. The molecule has 1 amide bonds. The zero-order valence-electron chi connectivity index (χ0n) is 17.0. The molecular formula is C23H22ClN5O2. The molecule has 0 spiro atoms. The van der Waals surface area contributed by atoms with Crippen LogP contribution in [0.25, 0.3) is 10.9 Å². The van der Waals surface area contributed by atoms with Gasteiger partial charge in [0.2, 0.25) is 0 Å². The Hall–Kier alpha value is -3.58. The quantitative estimate of drug-likeness (QED) is 0.430. The molecule has 8 heteroatoms. The van der Waals surface area contributed by atoms with Crippen molar-refractivity contribution in [2.45, 2.75) is 13.5 Å². The molecule has 0 atom stereocenters. The Morgan fingerprint density at radius 2 is 2.06 bits per heavy atom. The van der Waals surface area contributed by atoms with Crippen LogP contribution in [0.3, 0.4) is 0 Å². The van der Waals surface area contributed by atoms with Crippen LogP contribution in [0.5, 0.6) is 5.75 Å². The maximum Gasteiger partial charge on any atom is 0.256 e. The summed E-state index contributed by atoms with van der Waals surface area (Å²) in [5.74, 6) is 0.540. The van der Waals surface area contributed by atoms with Crippen LogP contribution in [0.2, 0.25) is 5.02 Å². The molecule has 0 unspecified atom stereocenters. The predicted molar refractivity (Wildman–Crippen MR) is 122 cm³/mol. The number of carbonyl (C=O) groups excluding carboxylic acids is 1. The number of nitrogens with zero attached hydrogens (tertiary/aromatic N) is 3. The molecule has 3 N–H and O–H groups in total. The SMILES string of the molecule is Cc1ccc2cc(Cn3cc(C(=O)NCCOc4cccc(Cl)c4)c(N)n3)ccc2n1. The summed E-state index contributed by atoms with van der Waals surface area (Å²) in [7, 11) is 0. The monoisotopic (exact) mass is 435 g/mol. The Bertz CT molecular complexity index is 1240. The zero-order valence-corrected chi connectivity index (χ0v) is 17.8. The summed E-state index contributed by atoms with van der Waals surface area (Å²) in [6.07, 6.45) is 1.65. The van der Waals surface area contributed by atoms with Crippen molar-refractivity contribution >= 4 is 34.2 Å². The number of aromatic nitrogens is 3. The van der Waals surface area contributed by atoms with Crippen LogP contribution in [0.4, 0.5) is 5.82 Å². The molecule has 0 fully saturated rings. The van der Waals surface area contributed by atoms with Crippen molar-refractivity contribution in [3.63, 3.8) is 0 Å². The van der Waals surface area contributed by atoms with Gasteiger partial charge in [0.1, 0.15) is 17.9 Å². The molecule has 7 nitrogen and oxygen atoms in total. The molecule has 158 valence electrons. The number of hydrogen-bond acceptors (Lipinski definition) is 5. The van der Waals surface area contributed by atoms with Crippen molar-refractivity contribution in [1.82, 2.24) is 20.1 Å². The van der Waals surface area contributed by atoms with Gasteiger partial charge < -0.3 is 15.8 Å². The van der Waals surface area contributed by atoms with E-state index in [0.29, 0.717) is 36.0 Å². The largest absolute Gasteiger partial charge is 0.492 e. The maximum atomic E-state index is 12.5. The zero-order chi connectivity index (χ0) is 21.8. The molecule has 0 radical (unpaired) electrons. The first-order valence-corrected chi connectivity index (χ1v) is 10.2. The number of aryl methyl sites for hydroxylation is 1. The van der Waals surface area contributed by atoms with E-state index in [1.807, 2.05) is 31.2 Å². The van der Waals surface area contributed by atoms with E-state index in [2.05, 4.69) is 21.5 Å². The number of benzene rings is 2. The fourth-order valence-corrected chi connectivity index (χ4v) is 3.42. The summed E-state index contributed by atoms with van der Waals surface area (Å²) in [5.41, 5.74) is 9.27. The van der Waals surface area contributed by atoms with Gasteiger partial charge in [0.05, 0.1) is 18.6 Å². The third kappa shape index (κ3) is 5.13. The first-order valence-electron chi connectivity index (χ1n) is 9.84. The summed E-state index contributed by atoms with van der Waals surface area (Å²) in [6.45, 7) is 3.10. The molecule has 0 aliphatic heterocycles. The Morgan fingerprint density at radius 1 is 1.19 bits per heavy atom. The van der Waals surface area contributed by atoms with E-state index >= 15 is 0 Å². The average molecular weight is 436 g/mol. The van der Waals surface area contributed by atoms with Gasteiger partial charge in [-0.1, -0.05) is 29.8 Å². The van der Waals surface area contributed by atoms with Gasteiger partial charge in [-0.25, -0.2) is 0 Å². The van der Waals surface area contributed by atoms with Gasteiger partial charge in [-0.2, -0.15) is 5.10 Å². The number of ether oxygens (including phenoxy) is 1. The van der Waals surface area contributed by atoms with E-state index in [0.717, 1.165) is 22.2 Å². The highest BCUT2D eigenvalue weighted by Crippen LogP contribution is 2.18. The lowest BCUT2D eigenvalue weighted by atomic mass is 10.1. The minimum absolute atomic E-state index is 0.186. The number of amides is 1. The maximum absolute atomic E-state index is 12.5. The van der Waals surface area contributed by atoms with Crippen LogP contribution in [-0.4, -0.2) is 33.8 Å². The minimum Gasteiger partial charge on any atom is -0.492 e. The molecule has 0 saturated carbocycles. The van der Waals surface area contributed by atoms with Crippen molar-refractivity contribution in [3.8, 4) is 5.75 Å². The Labute approximate surface area is 184 Å². The van der Waals surface area contributed by atoms with E-state index in [1.54, 1.807) is 35.1 Å². The van der Waals surface area contributed by atoms with Crippen molar-refractivity contribution in [3.05, 3.63) is 82.6 Å². The number of pyridine rings is 1. The van der Waals surface area contributed by atoms with E-state index in [1.165, 1.54) is 0 Å². The number of hydrogen-bond donors (Lipinski definition) is 2. The molecule has 4 aromatic rings. The van der Waals surface area contributed by atoms with E-state index in [-0.39, 0.29) is 11.7 Å². The average Bonchev–Trinajstić information content (AvgIpc) is 3.11. The summed E-state index contributed by atoms with van der Waals surface area (Å²) >= 11 is 5.92. The van der Waals surface area contributed by atoms with Crippen LogP contribution < -0.4 is 15.8 Å². The molecule has 0 bridgehead atoms. The third-order valence-corrected chi connectivity index (χ3v) is 4.96. The molecule has 2 aromatic heterocycles. The second-order valence-electron chi connectivity index (χ2n) is 7.17.